The molecule has 0 saturated heterocycles. The van der Waals surface area contributed by atoms with Gasteiger partial charge in [0.1, 0.15) is 0 Å². The summed E-state index contributed by atoms with van der Waals surface area (Å²) in [6.45, 7) is 6.11. The first kappa shape index (κ1) is 12.9. The zero-order valence-electron chi connectivity index (χ0n) is 11.2. The molecule has 0 spiro atoms. The van der Waals surface area contributed by atoms with Gasteiger partial charge in [-0.05, 0) is 24.7 Å². The van der Waals surface area contributed by atoms with Crippen molar-refractivity contribution in [2.24, 2.45) is 11.8 Å². The number of methoxy groups -OCH3 is 1. The molecule has 6 nitrogen and oxygen atoms in total. The summed E-state index contributed by atoms with van der Waals surface area (Å²) in [5.74, 6) is 2.72. The Morgan fingerprint density at radius 2 is 1.89 bits per heavy atom. The quantitative estimate of drug-likeness (QED) is 0.769. The second-order valence-corrected chi connectivity index (χ2v) is 4.75. The molecule has 1 heterocycles. The number of anilines is 2. The Balaban J connectivity index is 1.98. The summed E-state index contributed by atoms with van der Waals surface area (Å²) in [4.78, 5) is 12.7. The highest BCUT2D eigenvalue weighted by Crippen LogP contribution is 2.37. The standard InChI is InChI=1S/C12H21N5O/c1-4-5-13-10-15-11(17-12(16-10)18-3)14-7-9-6-8(9)2/h8-9H,4-7H2,1-3H3,(H2,13,14,15,16,17). The topological polar surface area (TPSA) is 72.0 Å². The fraction of sp³-hybridized carbons (Fsp3) is 0.750. The highest BCUT2D eigenvalue weighted by Gasteiger charge is 2.32. The van der Waals surface area contributed by atoms with Crippen molar-refractivity contribution in [2.75, 3.05) is 30.8 Å². The third kappa shape index (κ3) is 3.45. The lowest BCUT2D eigenvalue weighted by Crippen LogP contribution is -2.12. The van der Waals surface area contributed by atoms with E-state index < -0.39 is 0 Å². The van der Waals surface area contributed by atoms with Crippen molar-refractivity contribution in [1.82, 2.24) is 15.0 Å². The van der Waals surface area contributed by atoms with Gasteiger partial charge in [0.15, 0.2) is 0 Å². The van der Waals surface area contributed by atoms with E-state index in [1.807, 2.05) is 0 Å². The summed E-state index contributed by atoms with van der Waals surface area (Å²) in [6.07, 6.45) is 2.31. The van der Waals surface area contributed by atoms with Crippen LogP contribution in [0.4, 0.5) is 11.9 Å². The zero-order chi connectivity index (χ0) is 13.0. The van der Waals surface area contributed by atoms with E-state index in [4.69, 9.17) is 4.74 Å². The second kappa shape index (κ2) is 5.84. The lowest BCUT2D eigenvalue weighted by molar-refractivity contribution is 0.379. The summed E-state index contributed by atoms with van der Waals surface area (Å²) >= 11 is 0. The third-order valence-electron chi connectivity index (χ3n) is 3.13. The molecule has 0 aromatic carbocycles. The van der Waals surface area contributed by atoms with Crippen LogP contribution in [0.3, 0.4) is 0 Å². The number of hydrogen-bond acceptors (Lipinski definition) is 6. The van der Waals surface area contributed by atoms with Crippen molar-refractivity contribution in [3.63, 3.8) is 0 Å². The lowest BCUT2D eigenvalue weighted by Gasteiger charge is -2.08. The van der Waals surface area contributed by atoms with Crippen LogP contribution in [0.25, 0.3) is 0 Å². The summed E-state index contributed by atoms with van der Waals surface area (Å²) in [5.41, 5.74) is 0. The molecule has 1 aromatic heterocycles. The molecule has 2 atom stereocenters. The summed E-state index contributed by atoms with van der Waals surface area (Å²) in [6, 6.07) is 0.343. The molecule has 1 aromatic rings. The zero-order valence-corrected chi connectivity index (χ0v) is 11.2. The normalized spacial score (nSPS) is 21.5. The number of ether oxygens (including phenoxy) is 1. The molecule has 0 radical (unpaired) electrons. The SMILES string of the molecule is CCCNc1nc(NCC2CC2C)nc(OC)n1. The Bertz CT molecular complexity index is 398. The van der Waals surface area contributed by atoms with Crippen LogP contribution in [0.2, 0.25) is 0 Å². The molecule has 6 heteroatoms. The van der Waals surface area contributed by atoms with Crippen molar-refractivity contribution < 1.29 is 4.74 Å². The van der Waals surface area contributed by atoms with Crippen LogP contribution in [0.5, 0.6) is 6.01 Å². The molecule has 1 fully saturated rings. The van der Waals surface area contributed by atoms with E-state index in [2.05, 4.69) is 39.4 Å². The van der Waals surface area contributed by atoms with Gasteiger partial charge in [0.05, 0.1) is 7.11 Å². The van der Waals surface area contributed by atoms with Crippen molar-refractivity contribution in [3.8, 4) is 6.01 Å². The number of nitrogens with one attached hydrogen (secondary N) is 2. The maximum absolute atomic E-state index is 5.08. The predicted molar refractivity (Wildman–Crippen MR) is 70.9 cm³/mol. The number of nitrogens with zero attached hydrogens (tertiary/aromatic N) is 3. The van der Waals surface area contributed by atoms with E-state index in [9.17, 15) is 0 Å². The monoisotopic (exact) mass is 251 g/mol. The first-order valence-corrected chi connectivity index (χ1v) is 6.50. The van der Waals surface area contributed by atoms with Crippen LogP contribution < -0.4 is 15.4 Å². The van der Waals surface area contributed by atoms with E-state index in [0.29, 0.717) is 17.9 Å². The molecular weight excluding hydrogens is 230 g/mol. The molecule has 2 unspecified atom stereocenters. The Kier molecular flexibility index (Phi) is 4.17. The first-order chi connectivity index (χ1) is 8.72. The first-order valence-electron chi connectivity index (χ1n) is 6.50. The minimum Gasteiger partial charge on any atom is -0.467 e. The molecule has 1 aliphatic carbocycles. The van der Waals surface area contributed by atoms with E-state index in [1.54, 1.807) is 7.11 Å². The second-order valence-electron chi connectivity index (χ2n) is 4.75. The summed E-state index contributed by atoms with van der Waals surface area (Å²) in [7, 11) is 1.56. The molecule has 1 saturated carbocycles. The van der Waals surface area contributed by atoms with E-state index in [-0.39, 0.29) is 0 Å². The summed E-state index contributed by atoms with van der Waals surface area (Å²) in [5, 5.41) is 6.39. The van der Waals surface area contributed by atoms with Crippen molar-refractivity contribution in [2.45, 2.75) is 26.7 Å². The lowest BCUT2D eigenvalue weighted by atomic mass is 10.3. The van der Waals surface area contributed by atoms with Crippen molar-refractivity contribution in [1.29, 1.82) is 0 Å². The van der Waals surface area contributed by atoms with Crippen LogP contribution in [0.1, 0.15) is 26.7 Å². The fourth-order valence-corrected chi connectivity index (χ4v) is 1.75. The van der Waals surface area contributed by atoms with Gasteiger partial charge in [-0.1, -0.05) is 13.8 Å². The van der Waals surface area contributed by atoms with Gasteiger partial charge >= 0.3 is 6.01 Å². The average Bonchev–Trinajstić information content (AvgIpc) is 3.09. The minimum absolute atomic E-state index is 0.343. The molecule has 0 aliphatic heterocycles. The van der Waals surface area contributed by atoms with Crippen LogP contribution in [-0.2, 0) is 0 Å². The van der Waals surface area contributed by atoms with Gasteiger partial charge in [-0.25, -0.2) is 0 Å². The Labute approximate surface area is 108 Å². The Morgan fingerprint density at radius 1 is 1.22 bits per heavy atom. The molecular formula is C12H21N5O. The number of hydrogen-bond donors (Lipinski definition) is 2. The number of rotatable bonds is 7. The fourth-order valence-electron chi connectivity index (χ4n) is 1.75. The molecule has 1 aliphatic rings. The highest BCUT2D eigenvalue weighted by molar-refractivity contribution is 5.36. The van der Waals surface area contributed by atoms with E-state index in [1.165, 1.54) is 6.42 Å². The molecule has 2 rings (SSSR count). The largest absolute Gasteiger partial charge is 0.467 e. The van der Waals surface area contributed by atoms with Crippen molar-refractivity contribution in [3.05, 3.63) is 0 Å². The Hall–Kier alpha value is -1.59. The van der Waals surface area contributed by atoms with Gasteiger partial charge in [-0.15, -0.1) is 0 Å². The smallest absolute Gasteiger partial charge is 0.322 e. The summed E-state index contributed by atoms with van der Waals surface area (Å²) < 4.78 is 5.08. The molecule has 0 amide bonds. The maximum Gasteiger partial charge on any atom is 0.322 e. The average molecular weight is 251 g/mol. The molecule has 18 heavy (non-hydrogen) atoms. The van der Waals surface area contributed by atoms with Crippen LogP contribution in [-0.4, -0.2) is 35.2 Å². The van der Waals surface area contributed by atoms with Gasteiger partial charge < -0.3 is 15.4 Å². The van der Waals surface area contributed by atoms with Crippen molar-refractivity contribution >= 4 is 11.9 Å². The van der Waals surface area contributed by atoms with Gasteiger partial charge in [-0.2, -0.15) is 15.0 Å². The minimum atomic E-state index is 0.343. The predicted octanol–water partition coefficient (Wildman–Crippen LogP) is 1.77. The van der Waals surface area contributed by atoms with Gasteiger partial charge in [0, 0.05) is 13.1 Å². The Morgan fingerprint density at radius 3 is 2.44 bits per heavy atom. The van der Waals surface area contributed by atoms with E-state index in [0.717, 1.165) is 31.3 Å². The van der Waals surface area contributed by atoms with Gasteiger partial charge in [-0.3, -0.25) is 0 Å². The highest BCUT2D eigenvalue weighted by atomic mass is 16.5. The van der Waals surface area contributed by atoms with E-state index >= 15 is 0 Å². The van der Waals surface area contributed by atoms with Gasteiger partial charge in [0.2, 0.25) is 11.9 Å². The number of aromatic nitrogens is 3. The van der Waals surface area contributed by atoms with Gasteiger partial charge in [0.25, 0.3) is 0 Å². The third-order valence-corrected chi connectivity index (χ3v) is 3.13. The molecule has 100 valence electrons. The maximum atomic E-state index is 5.08. The van der Waals surface area contributed by atoms with Crippen LogP contribution in [0.15, 0.2) is 0 Å². The molecule has 0 bridgehead atoms. The van der Waals surface area contributed by atoms with Crippen LogP contribution >= 0.6 is 0 Å². The molecule has 2 N–H and O–H groups in total. The van der Waals surface area contributed by atoms with Crippen LogP contribution in [0, 0.1) is 11.8 Å².